The molecule has 7 heteroatoms. The van der Waals surface area contributed by atoms with Gasteiger partial charge in [0.05, 0.1) is 11.4 Å². The van der Waals surface area contributed by atoms with E-state index in [2.05, 4.69) is 21.2 Å². The second-order valence-corrected chi connectivity index (χ2v) is 7.42. The molecule has 1 amide bonds. The molecule has 106 valence electrons. The molecule has 0 heterocycles. The Kier molecular flexibility index (Phi) is 5.96. The summed E-state index contributed by atoms with van der Waals surface area (Å²) < 4.78 is 24.1. The smallest absolute Gasteiger partial charge is 0.239 e. The Morgan fingerprint density at radius 1 is 1.42 bits per heavy atom. The van der Waals surface area contributed by atoms with Crippen LogP contribution in [0.25, 0.3) is 0 Å². The Balaban J connectivity index is 2.58. The molecule has 0 aliphatic heterocycles. The number of nitrogens with one attached hydrogen (secondary N) is 1. The molecule has 1 unspecified atom stereocenters. The van der Waals surface area contributed by atoms with Crippen molar-refractivity contribution in [1.82, 2.24) is 0 Å². The van der Waals surface area contributed by atoms with Crippen LogP contribution >= 0.6 is 15.9 Å². The lowest BCUT2D eigenvalue weighted by atomic mass is 10.3. The maximum absolute atomic E-state index is 11.7. The van der Waals surface area contributed by atoms with Gasteiger partial charge in [-0.15, -0.1) is 0 Å². The highest BCUT2D eigenvalue weighted by atomic mass is 79.9. The van der Waals surface area contributed by atoms with Crippen LogP contribution in [-0.2, 0) is 14.6 Å². The number of anilines is 1. The maximum Gasteiger partial charge on any atom is 0.239 e. The molecular formula is C12H17BrN2O3S. The third-order valence-electron chi connectivity index (χ3n) is 2.38. The number of carbonyl (C=O) groups excluding carboxylic acids is 1. The average Bonchev–Trinajstić information content (AvgIpc) is 2.29. The van der Waals surface area contributed by atoms with E-state index in [9.17, 15) is 13.2 Å². The van der Waals surface area contributed by atoms with E-state index < -0.39 is 21.5 Å². The summed E-state index contributed by atoms with van der Waals surface area (Å²) in [5, 5.41) is 2.56. The first-order valence-electron chi connectivity index (χ1n) is 5.80. The molecule has 0 bridgehead atoms. The number of nitrogens with two attached hydrogens (primary N) is 1. The molecule has 0 spiro atoms. The topological polar surface area (TPSA) is 89.3 Å². The number of carbonyl (C=O) groups is 1. The molecule has 0 saturated heterocycles. The molecule has 1 atom stereocenters. The zero-order valence-corrected chi connectivity index (χ0v) is 13.0. The number of para-hydroxylation sites is 1. The molecule has 0 aliphatic carbocycles. The molecule has 0 radical (unpaired) electrons. The van der Waals surface area contributed by atoms with Crippen LogP contribution in [0, 0.1) is 0 Å². The quantitative estimate of drug-likeness (QED) is 0.815. The van der Waals surface area contributed by atoms with Crippen molar-refractivity contribution in [3.8, 4) is 0 Å². The first-order chi connectivity index (χ1) is 8.80. The largest absolute Gasteiger partial charge is 0.328 e. The van der Waals surface area contributed by atoms with Crippen molar-refractivity contribution in [3.63, 3.8) is 0 Å². The van der Waals surface area contributed by atoms with Gasteiger partial charge in [-0.2, -0.15) is 0 Å². The Morgan fingerprint density at radius 3 is 2.63 bits per heavy atom. The molecule has 1 aromatic rings. The summed E-state index contributed by atoms with van der Waals surface area (Å²) in [6, 6.07) is 6.82. The molecule has 0 aromatic heterocycles. The Morgan fingerprint density at radius 2 is 2.05 bits per heavy atom. The summed E-state index contributed by atoms with van der Waals surface area (Å²) in [4.78, 5) is 11.7. The fraction of sp³-hybridized carbons (Fsp3) is 0.417. The predicted octanol–water partition coefficient (Wildman–Crippen LogP) is 1.54. The minimum atomic E-state index is -3.42. The van der Waals surface area contributed by atoms with Crippen LogP contribution in [0.3, 0.4) is 0 Å². The van der Waals surface area contributed by atoms with E-state index >= 15 is 0 Å². The van der Waals surface area contributed by atoms with Gasteiger partial charge in [0.1, 0.15) is 5.75 Å². The van der Waals surface area contributed by atoms with E-state index in [1.165, 1.54) is 0 Å². The third-order valence-corrected chi connectivity index (χ3v) is 4.63. The summed E-state index contributed by atoms with van der Waals surface area (Å²) in [6.45, 7) is 1.73. The van der Waals surface area contributed by atoms with E-state index in [4.69, 9.17) is 5.73 Å². The monoisotopic (exact) mass is 348 g/mol. The van der Waals surface area contributed by atoms with Crippen molar-refractivity contribution >= 4 is 37.4 Å². The lowest BCUT2D eigenvalue weighted by molar-refractivity contribution is -0.113. The first-order valence-corrected chi connectivity index (χ1v) is 8.42. The van der Waals surface area contributed by atoms with Gasteiger partial charge in [-0.1, -0.05) is 12.1 Å². The Hall–Kier alpha value is -0.920. The molecule has 19 heavy (non-hydrogen) atoms. The molecule has 5 nitrogen and oxygen atoms in total. The van der Waals surface area contributed by atoms with Crippen LogP contribution in [0.2, 0.25) is 0 Å². The van der Waals surface area contributed by atoms with Crippen molar-refractivity contribution in [1.29, 1.82) is 0 Å². The third kappa shape index (κ3) is 6.17. The molecule has 0 fully saturated rings. The average molecular weight is 349 g/mol. The first kappa shape index (κ1) is 16.1. The number of sulfone groups is 1. The fourth-order valence-corrected chi connectivity index (χ4v) is 3.12. The molecule has 0 aliphatic rings. The van der Waals surface area contributed by atoms with Crippen LogP contribution < -0.4 is 11.1 Å². The van der Waals surface area contributed by atoms with Gasteiger partial charge >= 0.3 is 0 Å². The fourth-order valence-electron chi connectivity index (χ4n) is 1.39. The SMILES string of the molecule is CC(N)CCS(=O)(=O)CC(=O)Nc1ccccc1Br. The number of halogens is 1. The lowest BCUT2D eigenvalue weighted by Crippen LogP contribution is -2.27. The summed E-state index contributed by atoms with van der Waals surface area (Å²) in [5.41, 5.74) is 6.05. The van der Waals surface area contributed by atoms with Gasteiger partial charge in [0.25, 0.3) is 0 Å². The Bertz CT molecular complexity index is 544. The van der Waals surface area contributed by atoms with E-state index in [0.717, 1.165) is 0 Å². The normalized spacial score (nSPS) is 13.0. The highest BCUT2D eigenvalue weighted by Crippen LogP contribution is 2.21. The minimum absolute atomic E-state index is 0.0754. The van der Waals surface area contributed by atoms with Crippen molar-refractivity contribution in [2.24, 2.45) is 5.73 Å². The van der Waals surface area contributed by atoms with Crippen LogP contribution in [0.1, 0.15) is 13.3 Å². The second-order valence-electron chi connectivity index (χ2n) is 4.39. The van der Waals surface area contributed by atoms with Crippen molar-refractivity contribution in [2.45, 2.75) is 19.4 Å². The number of benzene rings is 1. The molecular weight excluding hydrogens is 332 g/mol. The van der Waals surface area contributed by atoms with Gasteiger partial charge < -0.3 is 11.1 Å². The van der Waals surface area contributed by atoms with Crippen LogP contribution in [0.5, 0.6) is 0 Å². The van der Waals surface area contributed by atoms with E-state index in [0.29, 0.717) is 16.6 Å². The second kappa shape index (κ2) is 7.02. The van der Waals surface area contributed by atoms with Gasteiger partial charge in [-0.3, -0.25) is 4.79 Å². The molecule has 0 saturated carbocycles. The lowest BCUT2D eigenvalue weighted by Gasteiger charge is -2.08. The summed E-state index contributed by atoms with van der Waals surface area (Å²) in [7, 11) is -3.42. The molecule has 1 rings (SSSR count). The number of hydrogen-bond donors (Lipinski definition) is 2. The highest BCUT2D eigenvalue weighted by molar-refractivity contribution is 9.10. The Labute approximate surface area is 121 Å². The maximum atomic E-state index is 11.7. The standard InChI is InChI=1S/C12H17BrN2O3S/c1-9(14)6-7-19(17,18)8-12(16)15-11-5-3-2-4-10(11)13/h2-5,9H,6-8,14H2,1H3,(H,15,16). The highest BCUT2D eigenvalue weighted by Gasteiger charge is 2.17. The molecule has 3 N–H and O–H groups in total. The van der Waals surface area contributed by atoms with Gasteiger partial charge in [0, 0.05) is 10.5 Å². The van der Waals surface area contributed by atoms with Crippen LogP contribution in [0.4, 0.5) is 5.69 Å². The summed E-state index contributed by atoms with van der Waals surface area (Å²) >= 11 is 3.27. The van der Waals surface area contributed by atoms with Gasteiger partial charge in [0.2, 0.25) is 5.91 Å². The number of hydrogen-bond acceptors (Lipinski definition) is 4. The predicted molar refractivity (Wildman–Crippen MR) is 79.7 cm³/mol. The summed E-state index contributed by atoms with van der Waals surface area (Å²) in [5.74, 6) is -1.15. The zero-order chi connectivity index (χ0) is 14.5. The van der Waals surface area contributed by atoms with Crippen LogP contribution in [-0.4, -0.2) is 31.9 Å². The van der Waals surface area contributed by atoms with Gasteiger partial charge in [0.15, 0.2) is 9.84 Å². The van der Waals surface area contributed by atoms with E-state index in [1.54, 1.807) is 31.2 Å². The van der Waals surface area contributed by atoms with Crippen molar-refractivity contribution < 1.29 is 13.2 Å². The summed E-state index contributed by atoms with van der Waals surface area (Å²) in [6.07, 6.45) is 0.352. The van der Waals surface area contributed by atoms with E-state index in [-0.39, 0.29) is 11.8 Å². The van der Waals surface area contributed by atoms with Crippen molar-refractivity contribution in [2.75, 3.05) is 16.8 Å². The van der Waals surface area contributed by atoms with Crippen molar-refractivity contribution in [3.05, 3.63) is 28.7 Å². The minimum Gasteiger partial charge on any atom is -0.328 e. The van der Waals surface area contributed by atoms with E-state index in [1.807, 2.05) is 0 Å². The number of rotatable bonds is 6. The van der Waals surface area contributed by atoms with Gasteiger partial charge in [-0.05, 0) is 41.4 Å². The van der Waals surface area contributed by atoms with Crippen LogP contribution in [0.15, 0.2) is 28.7 Å². The molecule has 1 aromatic carbocycles. The zero-order valence-electron chi connectivity index (χ0n) is 10.6. The number of amides is 1. The van der Waals surface area contributed by atoms with Gasteiger partial charge in [-0.25, -0.2) is 8.42 Å².